The second-order valence-electron chi connectivity index (χ2n) is 6.06. The third-order valence-electron chi connectivity index (χ3n) is 4.83. The fourth-order valence-corrected chi connectivity index (χ4v) is 3.52. The molecule has 2 bridgehead atoms. The molecule has 21 heavy (non-hydrogen) atoms. The van der Waals surface area contributed by atoms with Gasteiger partial charge in [-0.05, 0) is 32.0 Å². The zero-order chi connectivity index (χ0) is 14.4. The molecule has 2 fully saturated rings. The van der Waals surface area contributed by atoms with Crippen LogP contribution in [0.3, 0.4) is 0 Å². The highest BCUT2D eigenvalue weighted by Gasteiger charge is 2.39. The quantitative estimate of drug-likeness (QED) is 0.771. The first-order chi connectivity index (χ1) is 10.2. The number of ketones is 1. The summed E-state index contributed by atoms with van der Waals surface area (Å²) < 4.78 is 7.41. The number of ether oxygens (including phenoxy) is 1. The van der Waals surface area contributed by atoms with Gasteiger partial charge in [0.25, 0.3) is 0 Å². The molecule has 2 aliphatic rings. The van der Waals surface area contributed by atoms with Gasteiger partial charge in [0, 0.05) is 29.8 Å². The molecule has 0 spiro atoms. The molecule has 0 N–H and O–H groups in total. The normalized spacial score (nSPS) is 29.7. The van der Waals surface area contributed by atoms with Crippen LogP contribution in [0.25, 0.3) is 5.65 Å². The van der Waals surface area contributed by atoms with Crippen LogP contribution < -0.4 is 0 Å². The average molecular weight is 286 g/mol. The van der Waals surface area contributed by atoms with Crippen molar-refractivity contribution in [2.24, 2.45) is 5.92 Å². The van der Waals surface area contributed by atoms with Crippen LogP contribution >= 0.6 is 0 Å². The predicted molar refractivity (Wildman–Crippen MR) is 76.2 cm³/mol. The number of likely N-dealkylation sites (N-methyl/N-ethyl adjacent to an activating group) is 1. The summed E-state index contributed by atoms with van der Waals surface area (Å²) in [7, 11) is 2.14. The third-order valence-corrected chi connectivity index (χ3v) is 4.83. The number of hydrogen-bond acceptors (Lipinski definition) is 5. The van der Waals surface area contributed by atoms with Crippen LogP contribution in [0.2, 0.25) is 0 Å². The summed E-state index contributed by atoms with van der Waals surface area (Å²) in [6, 6.07) is 4.44. The number of carbonyl (C=O) groups is 1. The minimum atomic E-state index is 0.0917. The summed E-state index contributed by atoms with van der Waals surface area (Å²) in [5.41, 5.74) is 1.51. The highest BCUT2D eigenvalue weighted by atomic mass is 16.5. The average Bonchev–Trinajstić information content (AvgIpc) is 2.93. The van der Waals surface area contributed by atoms with E-state index in [9.17, 15) is 4.79 Å². The van der Waals surface area contributed by atoms with Gasteiger partial charge < -0.3 is 4.74 Å². The SMILES string of the molecule is CN1C2COCC1CC(C(=O)c1ccc3nncn3c1)C2. The van der Waals surface area contributed by atoms with Crippen molar-refractivity contribution in [1.29, 1.82) is 0 Å². The van der Waals surface area contributed by atoms with E-state index in [1.54, 1.807) is 10.7 Å². The van der Waals surface area contributed by atoms with E-state index >= 15 is 0 Å². The zero-order valence-corrected chi connectivity index (χ0v) is 12.0. The zero-order valence-electron chi connectivity index (χ0n) is 12.0. The topological polar surface area (TPSA) is 59.7 Å². The summed E-state index contributed by atoms with van der Waals surface area (Å²) in [4.78, 5) is 15.2. The number of Topliss-reactive ketones (excluding diaryl/α,β-unsaturated/α-hetero) is 1. The van der Waals surface area contributed by atoms with Crippen LogP contribution in [-0.4, -0.2) is 57.6 Å². The lowest BCUT2D eigenvalue weighted by molar-refractivity contribution is -0.0702. The molecule has 2 aromatic heterocycles. The largest absolute Gasteiger partial charge is 0.378 e. The van der Waals surface area contributed by atoms with Gasteiger partial charge in [-0.2, -0.15) is 0 Å². The molecule has 0 saturated carbocycles. The first-order valence-corrected chi connectivity index (χ1v) is 7.35. The summed E-state index contributed by atoms with van der Waals surface area (Å²) in [6.45, 7) is 1.47. The van der Waals surface area contributed by atoms with E-state index in [1.165, 1.54) is 0 Å². The summed E-state index contributed by atoms with van der Waals surface area (Å²) >= 11 is 0. The minimum Gasteiger partial charge on any atom is -0.378 e. The van der Waals surface area contributed by atoms with Crippen molar-refractivity contribution in [3.8, 4) is 0 Å². The Hall–Kier alpha value is -1.79. The fraction of sp³-hybridized carbons (Fsp3) is 0.533. The highest BCUT2D eigenvalue weighted by molar-refractivity contribution is 5.98. The number of nitrogens with zero attached hydrogens (tertiary/aromatic N) is 4. The maximum absolute atomic E-state index is 12.8. The fourth-order valence-electron chi connectivity index (χ4n) is 3.52. The van der Waals surface area contributed by atoms with Crippen molar-refractivity contribution < 1.29 is 9.53 Å². The molecule has 2 atom stereocenters. The van der Waals surface area contributed by atoms with Gasteiger partial charge in [0.05, 0.1) is 13.2 Å². The molecule has 0 aliphatic carbocycles. The molecule has 0 radical (unpaired) electrons. The van der Waals surface area contributed by atoms with Crippen LogP contribution in [0.4, 0.5) is 0 Å². The number of piperidine rings is 1. The molecule has 6 nitrogen and oxygen atoms in total. The number of morpholine rings is 1. The van der Waals surface area contributed by atoms with Crippen molar-refractivity contribution in [1.82, 2.24) is 19.5 Å². The van der Waals surface area contributed by atoms with Crippen molar-refractivity contribution in [3.05, 3.63) is 30.2 Å². The number of aromatic nitrogens is 3. The maximum atomic E-state index is 12.8. The van der Waals surface area contributed by atoms with E-state index < -0.39 is 0 Å². The Bertz CT molecular complexity index is 669. The lowest BCUT2D eigenvalue weighted by Gasteiger charge is -2.46. The second kappa shape index (κ2) is 4.89. The molecule has 0 aromatic carbocycles. The molecule has 0 amide bonds. The first kappa shape index (κ1) is 12.9. The molecule has 110 valence electrons. The number of hydrogen-bond donors (Lipinski definition) is 0. The molecule has 2 aromatic rings. The summed E-state index contributed by atoms with van der Waals surface area (Å²) in [5, 5.41) is 7.82. The maximum Gasteiger partial charge on any atom is 0.167 e. The van der Waals surface area contributed by atoms with E-state index in [4.69, 9.17) is 4.74 Å². The number of rotatable bonds is 2. The van der Waals surface area contributed by atoms with Crippen LogP contribution in [0.5, 0.6) is 0 Å². The van der Waals surface area contributed by atoms with Gasteiger partial charge in [-0.3, -0.25) is 14.1 Å². The first-order valence-electron chi connectivity index (χ1n) is 7.35. The van der Waals surface area contributed by atoms with E-state index in [1.807, 2.05) is 18.3 Å². The number of pyridine rings is 1. The van der Waals surface area contributed by atoms with Crippen LogP contribution in [-0.2, 0) is 4.74 Å². The van der Waals surface area contributed by atoms with E-state index in [0.29, 0.717) is 12.1 Å². The Kier molecular flexibility index (Phi) is 3.01. The monoisotopic (exact) mass is 286 g/mol. The van der Waals surface area contributed by atoms with Crippen molar-refractivity contribution in [2.45, 2.75) is 24.9 Å². The predicted octanol–water partition coefficient (Wildman–Crippen LogP) is 1.02. The van der Waals surface area contributed by atoms with Gasteiger partial charge in [0.1, 0.15) is 6.33 Å². The molecular formula is C15H18N4O2. The number of carbonyl (C=O) groups excluding carboxylic acids is 1. The van der Waals surface area contributed by atoms with Crippen molar-refractivity contribution in [2.75, 3.05) is 20.3 Å². The van der Waals surface area contributed by atoms with E-state index in [2.05, 4.69) is 22.1 Å². The highest BCUT2D eigenvalue weighted by Crippen LogP contribution is 2.32. The van der Waals surface area contributed by atoms with Crippen LogP contribution in [0.1, 0.15) is 23.2 Å². The van der Waals surface area contributed by atoms with Crippen molar-refractivity contribution >= 4 is 11.4 Å². The van der Waals surface area contributed by atoms with Gasteiger partial charge in [-0.15, -0.1) is 10.2 Å². The molecule has 4 heterocycles. The standard InChI is InChI=1S/C15H18N4O2/c1-18-12-4-11(5-13(18)8-21-7-12)15(20)10-2-3-14-17-16-9-19(14)6-10/h2-3,6,9,11-13H,4-5,7-8H2,1H3. The van der Waals surface area contributed by atoms with Gasteiger partial charge >= 0.3 is 0 Å². The lowest BCUT2D eigenvalue weighted by atomic mass is 9.81. The Morgan fingerprint density at radius 2 is 2.05 bits per heavy atom. The van der Waals surface area contributed by atoms with Crippen LogP contribution in [0.15, 0.2) is 24.7 Å². The van der Waals surface area contributed by atoms with Gasteiger partial charge in [-0.25, -0.2) is 0 Å². The Balaban J connectivity index is 1.59. The molecule has 4 rings (SSSR count). The second-order valence-corrected chi connectivity index (χ2v) is 6.06. The van der Waals surface area contributed by atoms with Gasteiger partial charge in [-0.1, -0.05) is 0 Å². The molecule has 6 heteroatoms. The molecule has 2 aliphatic heterocycles. The number of fused-ring (bicyclic) bond motifs is 3. The molecular weight excluding hydrogens is 268 g/mol. The summed E-state index contributed by atoms with van der Waals surface area (Å²) in [5.74, 6) is 0.324. The van der Waals surface area contributed by atoms with Crippen molar-refractivity contribution in [3.63, 3.8) is 0 Å². The van der Waals surface area contributed by atoms with Crippen LogP contribution in [0, 0.1) is 5.92 Å². The summed E-state index contributed by atoms with van der Waals surface area (Å²) in [6.07, 6.45) is 5.23. The Morgan fingerprint density at radius 1 is 1.29 bits per heavy atom. The molecule has 2 unspecified atom stereocenters. The minimum absolute atomic E-state index is 0.0917. The smallest absolute Gasteiger partial charge is 0.167 e. The lowest BCUT2D eigenvalue weighted by Crippen LogP contribution is -2.55. The molecule has 2 saturated heterocycles. The Labute approximate surface area is 122 Å². The van der Waals surface area contributed by atoms with Gasteiger partial charge in [0.2, 0.25) is 0 Å². The van der Waals surface area contributed by atoms with E-state index in [0.717, 1.165) is 37.3 Å². The third kappa shape index (κ3) is 2.15. The Morgan fingerprint density at radius 3 is 2.81 bits per heavy atom. The van der Waals surface area contributed by atoms with Gasteiger partial charge in [0.15, 0.2) is 11.4 Å². The van der Waals surface area contributed by atoms with E-state index in [-0.39, 0.29) is 11.7 Å².